The van der Waals surface area contributed by atoms with E-state index in [0.29, 0.717) is 36.7 Å². The van der Waals surface area contributed by atoms with Crippen molar-refractivity contribution in [2.24, 2.45) is 0 Å². The first-order valence-corrected chi connectivity index (χ1v) is 10.3. The third-order valence-electron chi connectivity index (χ3n) is 5.68. The van der Waals surface area contributed by atoms with Crippen LogP contribution in [0.3, 0.4) is 0 Å². The van der Waals surface area contributed by atoms with Crippen molar-refractivity contribution in [2.75, 3.05) is 23.3 Å². The molecule has 1 saturated carbocycles. The Morgan fingerprint density at radius 2 is 2.10 bits per heavy atom. The van der Waals surface area contributed by atoms with E-state index in [1.54, 1.807) is 12.4 Å². The number of aromatic nitrogens is 3. The molecule has 2 aromatic heterocycles. The zero-order valence-electron chi connectivity index (χ0n) is 17.1. The number of anilines is 3. The number of nitrogens with zero attached hydrogens (tertiary/aromatic N) is 4. The molecule has 8 nitrogen and oxygen atoms in total. The van der Waals surface area contributed by atoms with Gasteiger partial charge in [0.15, 0.2) is 5.76 Å². The van der Waals surface area contributed by atoms with Crippen LogP contribution in [0.1, 0.15) is 38.3 Å². The van der Waals surface area contributed by atoms with Gasteiger partial charge in [0.05, 0.1) is 6.20 Å². The van der Waals surface area contributed by atoms with Crippen LogP contribution in [0.5, 0.6) is 0 Å². The molecule has 2 aliphatic rings. The first-order chi connectivity index (χ1) is 14.5. The number of carbonyl (C=O) groups excluding carboxylic acids is 1. The molecule has 0 atom stereocenters. The number of hydrogen-bond donors (Lipinski definition) is 2. The van der Waals surface area contributed by atoms with Gasteiger partial charge in [0, 0.05) is 36.2 Å². The molecule has 2 fully saturated rings. The highest BCUT2D eigenvalue weighted by Gasteiger charge is 2.57. The minimum Gasteiger partial charge on any atom is -0.423 e. The van der Waals surface area contributed by atoms with E-state index in [-0.39, 0.29) is 5.91 Å². The van der Waals surface area contributed by atoms with E-state index >= 15 is 0 Å². The van der Waals surface area contributed by atoms with Crippen LogP contribution in [0.25, 0.3) is 11.3 Å². The molecule has 2 N–H and O–H groups in total. The molecule has 1 spiro atoms. The summed E-state index contributed by atoms with van der Waals surface area (Å²) in [5.74, 6) is 1.63. The molecule has 154 valence electrons. The minimum absolute atomic E-state index is 0.0725. The summed E-state index contributed by atoms with van der Waals surface area (Å²) in [4.78, 5) is 27.6. The zero-order valence-corrected chi connectivity index (χ0v) is 17.1. The Morgan fingerprint density at radius 1 is 1.23 bits per heavy atom. The Kier molecular flexibility index (Phi) is 4.42. The fraction of sp³-hybridized carbons (Fsp3) is 0.364. The Hall–Kier alpha value is -3.42. The molecule has 1 aliphatic carbocycles. The molecule has 1 aliphatic heterocycles. The quantitative estimate of drug-likeness (QED) is 0.672. The van der Waals surface area contributed by atoms with Crippen LogP contribution in [-0.4, -0.2) is 39.5 Å². The molecular formula is C22H24N6O2. The van der Waals surface area contributed by atoms with Crippen LogP contribution in [-0.2, 0) is 4.79 Å². The van der Waals surface area contributed by atoms with Gasteiger partial charge in [-0.2, -0.15) is 0 Å². The van der Waals surface area contributed by atoms with E-state index < -0.39 is 5.54 Å². The van der Waals surface area contributed by atoms with Crippen molar-refractivity contribution in [3.63, 3.8) is 0 Å². The van der Waals surface area contributed by atoms with Crippen LogP contribution >= 0.6 is 0 Å². The molecule has 5 rings (SSSR count). The van der Waals surface area contributed by atoms with Gasteiger partial charge in [-0.25, -0.2) is 15.0 Å². The number of benzene rings is 1. The van der Waals surface area contributed by atoms with Crippen LogP contribution in [0.4, 0.5) is 17.7 Å². The Morgan fingerprint density at radius 3 is 2.90 bits per heavy atom. The lowest BCUT2D eigenvalue weighted by atomic mass is 10.1. The van der Waals surface area contributed by atoms with Crippen molar-refractivity contribution in [3.8, 4) is 11.3 Å². The molecule has 1 amide bonds. The third-order valence-corrected chi connectivity index (χ3v) is 5.68. The van der Waals surface area contributed by atoms with Gasteiger partial charge in [-0.1, -0.05) is 26.0 Å². The van der Waals surface area contributed by atoms with Crippen molar-refractivity contribution >= 4 is 23.6 Å². The van der Waals surface area contributed by atoms with E-state index in [2.05, 4.69) is 39.4 Å². The minimum atomic E-state index is -0.470. The fourth-order valence-electron chi connectivity index (χ4n) is 3.83. The highest BCUT2D eigenvalue weighted by molar-refractivity contribution is 5.93. The number of rotatable bonds is 5. The topological polar surface area (TPSA) is 96.2 Å². The summed E-state index contributed by atoms with van der Waals surface area (Å²) >= 11 is 0. The van der Waals surface area contributed by atoms with E-state index in [4.69, 9.17) is 4.42 Å². The summed E-state index contributed by atoms with van der Waals surface area (Å²) in [5.41, 5.74) is 2.28. The van der Waals surface area contributed by atoms with Gasteiger partial charge in [0.25, 0.3) is 6.01 Å². The van der Waals surface area contributed by atoms with Gasteiger partial charge in [-0.3, -0.25) is 4.79 Å². The van der Waals surface area contributed by atoms with Crippen LogP contribution in [0, 0.1) is 0 Å². The summed E-state index contributed by atoms with van der Waals surface area (Å²) < 4.78 is 6.06. The summed E-state index contributed by atoms with van der Waals surface area (Å²) in [6.45, 7) is 5.52. The fourth-order valence-corrected chi connectivity index (χ4v) is 3.83. The average Bonchev–Trinajstić information content (AvgIpc) is 3.38. The van der Waals surface area contributed by atoms with Crippen LogP contribution in [0.2, 0.25) is 0 Å². The van der Waals surface area contributed by atoms with Crippen molar-refractivity contribution in [1.82, 2.24) is 20.3 Å². The highest BCUT2D eigenvalue weighted by atomic mass is 16.4. The average molecular weight is 404 g/mol. The first-order valence-electron chi connectivity index (χ1n) is 10.3. The van der Waals surface area contributed by atoms with Crippen molar-refractivity contribution in [2.45, 2.75) is 38.1 Å². The van der Waals surface area contributed by atoms with Crippen molar-refractivity contribution in [1.29, 1.82) is 0 Å². The number of carbonyl (C=O) groups is 1. The summed E-state index contributed by atoms with van der Waals surface area (Å²) in [7, 11) is 0. The number of amides is 1. The summed E-state index contributed by atoms with van der Waals surface area (Å²) in [5, 5.41) is 6.21. The van der Waals surface area contributed by atoms with Crippen molar-refractivity contribution in [3.05, 3.63) is 48.4 Å². The summed E-state index contributed by atoms with van der Waals surface area (Å²) in [6, 6.07) is 10.3. The lowest BCUT2D eigenvalue weighted by Gasteiger charge is -2.34. The molecular weight excluding hydrogens is 380 g/mol. The van der Waals surface area contributed by atoms with Gasteiger partial charge < -0.3 is 20.0 Å². The number of piperazine rings is 1. The second-order valence-corrected chi connectivity index (χ2v) is 8.11. The van der Waals surface area contributed by atoms with Gasteiger partial charge in [0.1, 0.15) is 5.54 Å². The second-order valence-electron chi connectivity index (χ2n) is 8.11. The maximum Gasteiger partial charge on any atom is 0.298 e. The van der Waals surface area contributed by atoms with E-state index in [9.17, 15) is 4.79 Å². The lowest BCUT2D eigenvalue weighted by Crippen LogP contribution is -2.57. The Bertz CT molecular complexity index is 1090. The predicted molar refractivity (Wildman–Crippen MR) is 114 cm³/mol. The number of nitrogens with one attached hydrogen (secondary N) is 2. The lowest BCUT2D eigenvalue weighted by molar-refractivity contribution is -0.124. The molecule has 0 radical (unpaired) electrons. The maximum absolute atomic E-state index is 12.3. The predicted octanol–water partition coefficient (Wildman–Crippen LogP) is 3.47. The standard InChI is InChI=1S/C22H24N6O2/c1-14(2)17-6-9-24-20(27-17)26-16-5-3-4-15(12-16)18-13-25-21(30-18)28-11-10-23-19(29)22(28)7-8-22/h3-6,9,12-14H,7-8,10-11H2,1-2H3,(H,23,29)(H,24,26,27). The van der Waals surface area contributed by atoms with E-state index in [1.165, 1.54) is 0 Å². The monoisotopic (exact) mass is 404 g/mol. The molecule has 1 saturated heterocycles. The molecule has 0 bridgehead atoms. The smallest absolute Gasteiger partial charge is 0.298 e. The van der Waals surface area contributed by atoms with Gasteiger partial charge in [-0.05, 0) is 37.0 Å². The van der Waals surface area contributed by atoms with Gasteiger partial charge >= 0.3 is 0 Å². The third kappa shape index (κ3) is 3.28. The van der Waals surface area contributed by atoms with Gasteiger partial charge in [0.2, 0.25) is 11.9 Å². The summed E-state index contributed by atoms with van der Waals surface area (Å²) in [6.07, 6.45) is 5.16. The van der Waals surface area contributed by atoms with Crippen LogP contribution < -0.4 is 15.5 Å². The molecule has 30 heavy (non-hydrogen) atoms. The SMILES string of the molecule is CC(C)c1ccnc(Nc2cccc(-c3cnc(N4CCNC(=O)C45CC5)o3)c2)n1. The van der Waals surface area contributed by atoms with E-state index in [1.807, 2.05) is 35.2 Å². The first kappa shape index (κ1) is 18.6. The van der Waals surface area contributed by atoms with Crippen LogP contribution in [0.15, 0.2) is 47.1 Å². The second kappa shape index (κ2) is 7.12. The molecule has 8 heteroatoms. The highest BCUT2D eigenvalue weighted by Crippen LogP contribution is 2.45. The molecule has 1 aromatic carbocycles. The molecule has 3 aromatic rings. The van der Waals surface area contributed by atoms with Gasteiger partial charge in [-0.15, -0.1) is 0 Å². The largest absolute Gasteiger partial charge is 0.423 e. The Labute approximate surface area is 174 Å². The number of oxazole rings is 1. The normalized spacial score (nSPS) is 17.3. The molecule has 3 heterocycles. The number of hydrogen-bond acceptors (Lipinski definition) is 7. The maximum atomic E-state index is 12.3. The van der Waals surface area contributed by atoms with Crippen molar-refractivity contribution < 1.29 is 9.21 Å². The zero-order chi connectivity index (χ0) is 20.7. The van der Waals surface area contributed by atoms with E-state index in [0.717, 1.165) is 29.8 Å². The Balaban J connectivity index is 1.37. The molecule has 0 unspecified atom stereocenters.